The molecule has 0 aromatic carbocycles. The molecule has 0 spiro atoms. The number of H-pyrrole nitrogens is 1. The third-order valence-corrected chi connectivity index (χ3v) is 4.23. The Morgan fingerprint density at radius 2 is 2.24 bits per heavy atom. The topological polar surface area (TPSA) is 78.1 Å². The highest BCUT2D eigenvalue weighted by Crippen LogP contribution is 2.19. The van der Waals surface area contributed by atoms with E-state index in [1.165, 1.54) is 17.4 Å². The molecule has 0 amide bonds. The maximum atomic E-state index is 12.2. The van der Waals surface area contributed by atoms with Gasteiger partial charge in [0, 0.05) is 31.4 Å². The van der Waals surface area contributed by atoms with E-state index in [2.05, 4.69) is 22.1 Å². The summed E-state index contributed by atoms with van der Waals surface area (Å²) in [5.41, 5.74) is 1.42. The average molecular weight is 258 g/mol. The Hall–Kier alpha value is -1.18. The second-order valence-electron chi connectivity index (χ2n) is 3.74. The number of hydrogen-bond donors (Lipinski definition) is 2. The number of sulfonamides is 1. The Labute approximate surface area is 102 Å². The van der Waals surface area contributed by atoms with Crippen molar-refractivity contribution < 1.29 is 8.42 Å². The molecule has 0 aliphatic rings. The molecule has 96 valence electrons. The molecule has 1 heterocycles. The Morgan fingerprint density at radius 3 is 2.76 bits per heavy atom. The molecule has 0 radical (unpaired) electrons. The fraction of sp³-hybridized carbons (Fsp3) is 0.500. The van der Waals surface area contributed by atoms with Crippen molar-refractivity contribution in [2.45, 2.75) is 18.5 Å². The van der Waals surface area contributed by atoms with Gasteiger partial charge in [-0.2, -0.15) is 9.40 Å². The molecule has 0 atom stereocenters. The number of likely N-dealkylation sites (N-methyl/N-ethyl adjacent to an activating group) is 1. The largest absolute Gasteiger partial charge is 0.316 e. The van der Waals surface area contributed by atoms with Gasteiger partial charge in [0.1, 0.15) is 0 Å². The summed E-state index contributed by atoms with van der Waals surface area (Å²) in [5, 5.41) is 9.59. The van der Waals surface area contributed by atoms with E-state index in [0.717, 1.165) is 5.69 Å². The molecule has 1 rings (SSSR count). The van der Waals surface area contributed by atoms with Crippen molar-refractivity contribution in [1.29, 1.82) is 0 Å². The molecule has 0 aliphatic carbocycles. The van der Waals surface area contributed by atoms with Crippen molar-refractivity contribution in [2.75, 3.05) is 20.6 Å². The molecule has 0 unspecified atom stereocenters. The van der Waals surface area contributed by atoms with Crippen molar-refractivity contribution in [3.63, 3.8) is 0 Å². The zero-order valence-corrected chi connectivity index (χ0v) is 11.1. The van der Waals surface area contributed by atoms with Crippen LogP contribution in [0.3, 0.4) is 0 Å². The third-order valence-electron chi connectivity index (χ3n) is 2.43. The lowest BCUT2D eigenvalue weighted by atomic mass is 10.3. The molecule has 1 aromatic rings. The molecule has 0 fully saturated rings. The van der Waals surface area contributed by atoms with E-state index in [1.54, 1.807) is 14.0 Å². The molecular weight excluding hydrogens is 240 g/mol. The highest BCUT2D eigenvalue weighted by atomic mass is 32.2. The van der Waals surface area contributed by atoms with E-state index in [-0.39, 0.29) is 11.6 Å². The smallest absolute Gasteiger partial charge is 0.262 e. The summed E-state index contributed by atoms with van der Waals surface area (Å²) < 4.78 is 25.6. The van der Waals surface area contributed by atoms with Gasteiger partial charge in [-0.15, -0.1) is 6.58 Å². The SMILES string of the molecule is C=CCN(C)S(=O)(=O)c1n[nH]c(C)c1CNC. The summed E-state index contributed by atoms with van der Waals surface area (Å²) in [6.07, 6.45) is 1.54. The maximum absolute atomic E-state index is 12.2. The normalized spacial score (nSPS) is 12.0. The number of aromatic amines is 1. The van der Waals surface area contributed by atoms with Crippen LogP contribution in [0.4, 0.5) is 0 Å². The van der Waals surface area contributed by atoms with Crippen LogP contribution < -0.4 is 5.32 Å². The van der Waals surface area contributed by atoms with Crippen molar-refractivity contribution in [2.24, 2.45) is 0 Å². The van der Waals surface area contributed by atoms with Gasteiger partial charge in [0.25, 0.3) is 10.0 Å². The lowest BCUT2D eigenvalue weighted by molar-refractivity contribution is 0.494. The van der Waals surface area contributed by atoms with E-state index in [4.69, 9.17) is 0 Å². The monoisotopic (exact) mass is 258 g/mol. The van der Waals surface area contributed by atoms with Gasteiger partial charge in [0.15, 0.2) is 5.03 Å². The number of hydrogen-bond acceptors (Lipinski definition) is 4. The van der Waals surface area contributed by atoms with Gasteiger partial charge < -0.3 is 5.32 Å². The summed E-state index contributed by atoms with van der Waals surface area (Å²) in [6, 6.07) is 0. The van der Waals surface area contributed by atoms with E-state index in [1.807, 2.05) is 0 Å². The summed E-state index contributed by atoms with van der Waals surface area (Å²) in [6.45, 7) is 6.04. The van der Waals surface area contributed by atoms with Crippen molar-refractivity contribution in [1.82, 2.24) is 19.8 Å². The summed E-state index contributed by atoms with van der Waals surface area (Å²) >= 11 is 0. The van der Waals surface area contributed by atoms with E-state index in [9.17, 15) is 8.42 Å². The second-order valence-corrected chi connectivity index (χ2v) is 5.70. The Bertz CT molecular complexity index is 492. The van der Waals surface area contributed by atoms with Gasteiger partial charge in [-0.1, -0.05) is 6.08 Å². The maximum Gasteiger partial charge on any atom is 0.262 e. The van der Waals surface area contributed by atoms with Crippen LogP contribution in [-0.2, 0) is 16.6 Å². The Morgan fingerprint density at radius 1 is 1.59 bits per heavy atom. The van der Waals surface area contributed by atoms with Gasteiger partial charge in [-0.25, -0.2) is 8.42 Å². The van der Waals surface area contributed by atoms with Crippen molar-refractivity contribution >= 4 is 10.0 Å². The minimum absolute atomic E-state index is 0.0775. The molecule has 2 N–H and O–H groups in total. The van der Waals surface area contributed by atoms with Crippen LogP contribution in [-0.4, -0.2) is 43.6 Å². The first-order valence-corrected chi connectivity index (χ1v) is 6.64. The van der Waals surface area contributed by atoms with Gasteiger partial charge in [-0.05, 0) is 14.0 Å². The quantitative estimate of drug-likeness (QED) is 0.717. The number of rotatable bonds is 6. The molecule has 1 aromatic heterocycles. The molecular formula is C10H18N4O2S. The third kappa shape index (κ3) is 2.74. The number of aryl methyl sites for hydroxylation is 1. The van der Waals surface area contributed by atoms with Crippen LogP contribution in [0, 0.1) is 6.92 Å². The molecule has 0 bridgehead atoms. The zero-order valence-electron chi connectivity index (χ0n) is 10.3. The van der Waals surface area contributed by atoms with Crippen molar-refractivity contribution in [3.05, 3.63) is 23.9 Å². The van der Waals surface area contributed by atoms with E-state index < -0.39 is 10.0 Å². The number of nitrogens with one attached hydrogen (secondary N) is 2. The fourth-order valence-corrected chi connectivity index (χ4v) is 2.75. The Balaban J connectivity index is 3.19. The standard InChI is InChI=1S/C10H18N4O2S/c1-5-6-14(4)17(15,16)10-9(7-11-3)8(2)12-13-10/h5,11H,1,6-7H2,2-4H3,(H,12,13). The minimum Gasteiger partial charge on any atom is -0.316 e. The summed E-state index contributed by atoms with van der Waals surface area (Å²) in [7, 11) is -0.289. The van der Waals surface area contributed by atoms with Gasteiger partial charge in [0.2, 0.25) is 0 Å². The van der Waals surface area contributed by atoms with E-state index >= 15 is 0 Å². The van der Waals surface area contributed by atoms with Gasteiger partial charge in [-0.3, -0.25) is 5.10 Å². The highest BCUT2D eigenvalue weighted by Gasteiger charge is 2.27. The van der Waals surface area contributed by atoms with Crippen LogP contribution in [0.1, 0.15) is 11.3 Å². The lowest BCUT2D eigenvalue weighted by Gasteiger charge is -2.14. The first-order chi connectivity index (χ1) is 7.95. The van der Waals surface area contributed by atoms with E-state index in [0.29, 0.717) is 12.1 Å². The summed E-state index contributed by atoms with van der Waals surface area (Å²) in [5.74, 6) is 0. The molecule has 7 heteroatoms. The second kappa shape index (κ2) is 5.44. The number of aromatic nitrogens is 2. The summed E-state index contributed by atoms with van der Waals surface area (Å²) in [4.78, 5) is 0. The van der Waals surface area contributed by atoms with Crippen LogP contribution in [0.25, 0.3) is 0 Å². The fourth-order valence-electron chi connectivity index (χ4n) is 1.46. The molecule has 17 heavy (non-hydrogen) atoms. The van der Waals surface area contributed by atoms with Crippen LogP contribution >= 0.6 is 0 Å². The predicted octanol–water partition coefficient (Wildman–Crippen LogP) is 0.244. The number of nitrogens with zero attached hydrogens (tertiary/aromatic N) is 2. The molecule has 0 saturated heterocycles. The van der Waals surface area contributed by atoms with Gasteiger partial charge in [0.05, 0.1) is 0 Å². The predicted molar refractivity (Wildman–Crippen MR) is 66.1 cm³/mol. The highest BCUT2D eigenvalue weighted by molar-refractivity contribution is 7.89. The first-order valence-electron chi connectivity index (χ1n) is 5.20. The lowest BCUT2D eigenvalue weighted by Crippen LogP contribution is -2.28. The van der Waals surface area contributed by atoms with Crippen LogP contribution in [0.2, 0.25) is 0 Å². The Kier molecular flexibility index (Phi) is 4.44. The van der Waals surface area contributed by atoms with Crippen LogP contribution in [0.5, 0.6) is 0 Å². The molecule has 0 saturated carbocycles. The zero-order chi connectivity index (χ0) is 13.1. The van der Waals surface area contributed by atoms with Crippen LogP contribution in [0.15, 0.2) is 17.7 Å². The molecule has 0 aliphatic heterocycles. The first kappa shape index (κ1) is 13.9. The average Bonchev–Trinajstić information content (AvgIpc) is 2.62. The van der Waals surface area contributed by atoms with Crippen molar-refractivity contribution in [3.8, 4) is 0 Å². The van der Waals surface area contributed by atoms with Gasteiger partial charge >= 0.3 is 0 Å². The molecule has 6 nitrogen and oxygen atoms in total. The minimum atomic E-state index is -3.55.